The maximum atomic E-state index is 5.42. The number of anilines is 2. The molecule has 0 aliphatic rings. The van der Waals surface area contributed by atoms with Crippen molar-refractivity contribution in [2.45, 2.75) is 6.42 Å². The number of hydrogen-bond acceptors (Lipinski definition) is 6. The van der Waals surface area contributed by atoms with Crippen molar-refractivity contribution in [2.75, 3.05) is 17.3 Å². The Hall–Kier alpha value is -1.64. The number of hydrogen-bond donors (Lipinski definition) is 3. The second kappa shape index (κ2) is 5.78. The smallest absolute Gasteiger partial charge is 0.180 e. The third-order valence-electron chi connectivity index (χ3n) is 2.81. The number of aromatic nitrogens is 3. The normalized spacial score (nSPS) is 10.9. The molecule has 3 aromatic heterocycles. The van der Waals surface area contributed by atoms with Crippen LogP contribution < -0.4 is 16.6 Å². The molecule has 0 aromatic carbocycles. The fraction of sp³-hybridized carbons (Fsp3) is 0.167. The predicted molar refractivity (Wildman–Crippen MR) is 85.0 cm³/mol. The molecule has 0 atom stereocenters. The standard InChI is InChI=1S/C12H13BrN6S/c13-9-2-1-8(20-9)3-4-15-11-12-16-5-6-19(12)7-10(17-11)18-14/h1-2,5-7,18H,3-4,14H2,(H,15,17). The Labute approximate surface area is 128 Å². The molecule has 6 nitrogen and oxygen atoms in total. The van der Waals surface area contributed by atoms with E-state index in [2.05, 4.69) is 48.8 Å². The molecule has 3 heterocycles. The van der Waals surface area contributed by atoms with Crippen molar-refractivity contribution in [2.24, 2.45) is 5.84 Å². The predicted octanol–water partition coefficient (Wildman–Crippen LogP) is 2.49. The number of nitrogen functional groups attached to an aromatic ring is 1. The minimum absolute atomic E-state index is 0.594. The van der Waals surface area contributed by atoms with Gasteiger partial charge in [-0.3, -0.25) is 0 Å². The summed E-state index contributed by atoms with van der Waals surface area (Å²) in [5.41, 5.74) is 3.35. The molecule has 4 N–H and O–H groups in total. The van der Waals surface area contributed by atoms with Crippen LogP contribution in [0.3, 0.4) is 0 Å². The first-order valence-electron chi connectivity index (χ1n) is 6.04. The summed E-state index contributed by atoms with van der Waals surface area (Å²) in [5, 5.41) is 3.31. The third kappa shape index (κ3) is 2.77. The van der Waals surface area contributed by atoms with Gasteiger partial charge in [-0.05, 0) is 34.5 Å². The van der Waals surface area contributed by atoms with Crippen LogP contribution in [-0.4, -0.2) is 20.9 Å². The minimum Gasteiger partial charge on any atom is -0.367 e. The number of halogens is 1. The first-order chi connectivity index (χ1) is 9.76. The highest BCUT2D eigenvalue weighted by Crippen LogP contribution is 2.22. The number of nitrogens with two attached hydrogens (primary N) is 1. The molecule has 3 rings (SSSR count). The number of nitrogens with one attached hydrogen (secondary N) is 2. The van der Waals surface area contributed by atoms with E-state index in [1.54, 1.807) is 23.7 Å². The molecule has 0 aliphatic heterocycles. The third-order valence-corrected chi connectivity index (χ3v) is 4.50. The van der Waals surface area contributed by atoms with E-state index in [1.807, 2.05) is 10.6 Å². The monoisotopic (exact) mass is 352 g/mol. The molecule has 0 saturated heterocycles. The fourth-order valence-corrected chi connectivity index (χ4v) is 3.39. The molecule has 0 amide bonds. The Balaban J connectivity index is 1.74. The van der Waals surface area contributed by atoms with Crippen LogP contribution >= 0.6 is 27.3 Å². The molecule has 3 aromatic rings. The Bertz CT molecular complexity index is 722. The van der Waals surface area contributed by atoms with E-state index in [4.69, 9.17) is 5.84 Å². The van der Waals surface area contributed by atoms with Gasteiger partial charge in [0.05, 0.1) is 9.98 Å². The van der Waals surface area contributed by atoms with E-state index >= 15 is 0 Å². The fourth-order valence-electron chi connectivity index (χ4n) is 1.91. The highest BCUT2D eigenvalue weighted by Gasteiger charge is 2.07. The van der Waals surface area contributed by atoms with Crippen molar-refractivity contribution in [3.05, 3.63) is 39.4 Å². The molecule has 104 valence electrons. The maximum Gasteiger partial charge on any atom is 0.180 e. The molecule has 0 fully saturated rings. The van der Waals surface area contributed by atoms with Crippen LogP contribution in [0, 0.1) is 0 Å². The average molecular weight is 353 g/mol. The number of imidazole rings is 1. The average Bonchev–Trinajstić information content (AvgIpc) is 3.07. The van der Waals surface area contributed by atoms with Crippen molar-refractivity contribution in [3.8, 4) is 0 Å². The Morgan fingerprint density at radius 1 is 1.40 bits per heavy atom. The Kier molecular flexibility index (Phi) is 3.86. The molecule has 20 heavy (non-hydrogen) atoms. The number of rotatable bonds is 5. The summed E-state index contributed by atoms with van der Waals surface area (Å²) in [4.78, 5) is 10.00. The number of fused-ring (bicyclic) bond motifs is 1. The van der Waals surface area contributed by atoms with E-state index in [9.17, 15) is 0 Å². The van der Waals surface area contributed by atoms with Gasteiger partial charge in [-0.2, -0.15) is 0 Å². The van der Waals surface area contributed by atoms with Gasteiger partial charge in [0.2, 0.25) is 0 Å². The highest BCUT2D eigenvalue weighted by atomic mass is 79.9. The van der Waals surface area contributed by atoms with E-state index in [1.165, 1.54) is 4.88 Å². The first-order valence-corrected chi connectivity index (χ1v) is 7.65. The molecule has 0 aliphatic carbocycles. The van der Waals surface area contributed by atoms with Crippen molar-refractivity contribution in [3.63, 3.8) is 0 Å². The number of thiophene rings is 1. The van der Waals surface area contributed by atoms with Gasteiger partial charge in [0, 0.05) is 23.8 Å². The zero-order valence-electron chi connectivity index (χ0n) is 10.5. The van der Waals surface area contributed by atoms with Crippen molar-refractivity contribution < 1.29 is 0 Å². The molecule has 0 spiro atoms. The highest BCUT2D eigenvalue weighted by molar-refractivity contribution is 9.11. The topological polar surface area (TPSA) is 80.3 Å². The lowest BCUT2D eigenvalue weighted by Gasteiger charge is -2.08. The van der Waals surface area contributed by atoms with Gasteiger partial charge in [0.1, 0.15) is 0 Å². The summed E-state index contributed by atoms with van der Waals surface area (Å²) in [6.45, 7) is 0.788. The molecule has 0 bridgehead atoms. The molecule has 0 unspecified atom stereocenters. The summed E-state index contributed by atoms with van der Waals surface area (Å²) in [5.74, 6) is 6.74. The largest absolute Gasteiger partial charge is 0.367 e. The molecule has 0 radical (unpaired) electrons. The van der Waals surface area contributed by atoms with Gasteiger partial charge >= 0.3 is 0 Å². The van der Waals surface area contributed by atoms with Crippen molar-refractivity contribution in [1.82, 2.24) is 14.4 Å². The van der Waals surface area contributed by atoms with Gasteiger partial charge in [0.25, 0.3) is 0 Å². The van der Waals surface area contributed by atoms with Gasteiger partial charge in [-0.25, -0.2) is 15.8 Å². The van der Waals surface area contributed by atoms with Crippen LogP contribution in [-0.2, 0) is 6.42 Å². The van der Waals surface area contributed by atoms with E-state index < -0.39 is 0 Å². The van der Waals surface area contributed by atoms with Crippen molar-refractivity contribution in [1.29, 1.82) is 0 Å². The molecular weight excluding hydrogens is 340 g/mol. The maximum absolute atomic E-state index is 5.42. The van der Waals surface area contributed by atoms with Crippen LogP contribution in [0.25, 0.3) is 5.65 Å². The summed E-state index contributed by atoms with van der Waals surface area (Å²) < 4.78 is 3.03. The summed E-state index contributed by atoms with van der Waals surface area (Å²) in [6, 6.07) is 4.18. The van der Waals surface area contributed by atoms with E-state index in [0.29, 0.717) is 5.82 Å². The van der Waals surface area contributed by atoms with Gasteiger partial charge < -0.3 is 15.1 Å². The van der Waals surface area contributed by atoms with E-state index in [-0.39, 0.29) is 0 Å². The zero-order valence-corrected chi connectivity index (χ0v) is 12.9. The Morgan fingerprint density at radius 3 is 3.05 bits per heavy atom. The lowest BCUT2D eigenvalue weighted by molar-refractivity contribution is 1.01. The van der Waals surface area contributed by atoms with Crippen LogP contribution in [0.15, 0.2) is 34.5 Å². The quantitative estimate of drug-likeness (QED) is 0.485. The second-order valence-corrected chi connectivity index (χ2v) is 6.71. The van der Waals surface area contributed by atoms with E-state index in [0.717, 1.165) is 28.2 Å². The van der Waals surface area contributed by atoms with Gasteiger partial charge in [-0.15, -0.1) is 11.3 Å². The summed E-state index contributed by atoms with van der Waals surface area (Å²) in [6.07, 6.45) is 6.33. The van der Waals surface area contributed by atoms with Gasteiger partial charge in [-0.1, -0.05) is 0 Å². The van der Waals surface area contributed by atoms with Crippen LogP contribution in [0.5, 0.6) is 0 Å². The lowest BCUT2D eigenvalue weighted by Crippen LogP contribution is -2.13. The lowest BCUT2D eigenvalue weighted by atomic mass is 10.3. The molecule has 0 saturated carbocycles. The summed E-state index contributed by atoms with van der Waals surface area (Å²) in [7, 11) is 0. The van der Waals surface area contributed by atoms with Crippen LogP contribution in [0.1, 0.15) is 4.88 Å². The van der Waals surface area contributed by atoms with Crippen LogP contribution in [0.4, 0.5) is 11.6 Å². The zero-order chi connectivity index (χ0) is 13.9. The molecule has 8 heteroatoms. The number of nitrogens with zero attached hydrogens (tertiary/aromatic N) is 3. The second-order valence-electron chi connectivity index (χ2n) is 4.16. The van der Waals surface area contributed by atoms with Crippen LogP contribution in [0.2, 0.25) is 0 Å². The van der Waals surface area contributed by atoms with Gasteiger partial charge in [0.15, 0.2) is 17.3 Å². The van der Waals surface area contributed by atoms with Crippen molar-refractivity contribution >= 4 is 44.5 Å². The Morgan fingerprint density at radius 2 is 2.30 bits per heavy atom. The minimum atomic E-state index is 0.594. The summed E-state index contributed by atoms with van der Waals surface area (Å²) >= 11 is 5.20. The first kappa shape index (κ1) is 13.3. The SMILES string of the molecule is NNc1cn2ccnc2c(NCCc2ccc(Br)s2)n1. The molecular formula is C12H13BrN6S. The number of hydrazine groups is 1.